The third-order valence-electron chi connectivity index (χ3n) is 3.88. The van der Waals surface area contributed by atoms with Gasteiger partial charge in [-0.3, -0.25) is 9.69 Å². The molecule has 21 heavy (non-hydrogen) atoms. The van der Waals surface area contributed by atoms with Gasteiger partial charge < -0.3 is 10.0 Å². The van der Waals surface area contributed by atoms with Crippen LogP contribution in [0.2, 0.25) is 5.02 Å². The van der Waals surface area contributed by atoms with Crippen LogP contribution in [0.4, 0.5) is 0 Å². The molecule has 0 atom stereocenters. The van der Waals surface area contributed by atoms with E-state index in [4.69, 9.17) is 16.7 Å². The van der Waals surface area contributed by atoms with Crippen LogP contribution >= 0.6 is 11.6 Å². The molecule has 1 aromatic carbocycles. The predicted molar refractivity (Wildman–Crippen MR) is 84.7 cm³/mol. The Morgan fingerprint density at radius 2 is 1.86 bits per heavy atom. The minimum Gasteiger partial charge on any atom is -0.481 e. The topological polar surface area (TPSA) is 43.8 Å². The molecule has 0 bridgehead atoms. The van der Waals surface area contributed by atoms with Crippen molar-refractivity contribution < 1.29 is 9.90 Å². The van der Waals surface area contributed by atoms with Crippen LogP contribution in [0.1, 0.15) is 24.8 Å². The Kier molecular flexibility index (Phi) is 6.49. The number of unbranched alkanes of at least 4 members (excludes halogenated alkanes) is 1. The van der Waals surface area contributed by atoms with E-state index in [1.807, 2.05) is 18.2 Å². The molecule has 1 aromatic rings. The van der Waals surface area contributed by atoms with E-state index in [9.17, 15) is 4.79 Å². The van der Waals surface area contributed by atoms with Gasteiger partial charge in [0, 0.05) is 44.2 Å². The van der Waals surface area contributed by atoms with Crippen LogP contribution < -0.4 is 0 Å². The average Bonchev–Trinajstić information content (AvgIpc) is 2.45. The van der Waals surface area contributed by atoms with Crippen LogP contribution in [-0.2, 0) is 11.3 Å². The summed E-state index contributed by atoms with van der Waals surface area (Å²) in [6, 6.07) is 8.04. The molecular formula is C16H23ClN2O2. The van der Waals surface area contributed by atoms with Crippen LogP contribution in [0.5, 0.6) is 0 Å². The molecule has 5 heteroatoms. The molecule has 0 saturated carbocycles. The van der Waals surface area contributed by atoms with Crippen molar-refractivity contribution in [2.45, 2.75) is 25.8 Å². The minimum absolute atomic E-state index is 0.286. The lowest BCUT2D eigenvalue weighted by Crippen LogP contribution is -2.46. The van der Waals surface area contributed by atoms with E-state index >= 15 is 0 Å². The van der Waals surface area contributed by atoms with Crippen molar-refractivity contribution in [3.05, 3.63) is 34.9 Å². The maximum absolute atomic E-state index is 10.5. The molecule has 0 amide bonds. The molecule has 1 saturated heterocycles. The highest BCUT2D eigenvalue weighted by Gasteiger charge is 2.16. The van der Waals surface area contributed by atoms with E-state index in [2.05, 4.69) is 15.9 Å². The Hall–Kier alpha value is -1.10. The van der Waals surface area contributed by atoms with E-state index in [-0.39, 0.29) is 6.42 Å². The fourth-order valence-electron chi connectivity index (χ4n) is 2.68. The smallest absolute Gasteiger partial charge is 0.303 e. The summed E-state index contributed by atoms with van der Waals surface area (Å²) < 4.78 is 0. The highest BCUT2D eigenvalue weighted by molar-refractivity contribution is 6.30. The van der Waals surface area contributed by atoms with Gasteiger partial charge in [-0.2, -0.15) is 0 Å². The number of carboxylic acid groups (broad SMARTS) is 1. The second-order valence-corrected chi connectivity index (χ2v) is 6.03. The largest absolute Gasteiger partial charge is 0.481 e. The maximum atomic E-state index is 10.5. The first-order chi connectivity index (χ1) is 10.1. The van der Waals surface area contributed by atoms with Gasteiger partial charge in [-0.1, -0.05) is 23.7 Å². The number of carboxylic acids is 1. The summed E-state index contributed by atoms with van der Waals surface area (Å²) in [6.45, 7) is 6.21. The number of halogens is 1. The van der Waals surface area contributed by atoms with Gasteiger partial charge in [0.2, 0.25) is 0 Å². The first-order valence-corrected chi connectivity index (χ1v) is 7.92. The quantitative estimate of drug-likeness (QED) is 0.787. The summed E-state index contributed by atoms with van der Waals surface area (Å²) >= 11 is 6.01. The van der Waals surface area contributed by atoms with Gasteiger partial charge in [-0.25, -0.2) is 0 Å². The lowest BCUT2D eigenvalue weighted by molar-refractivity contribution is -0.137. The first-order valence-electron chi connectivity index (χ1n) is 7.54. The molecule has 0 spiro atoms. The fraction of sp³-hybridized carbons (Fsp3) is 0.562. The first kappa shape index (κ1) is 16.3. The number of carbonyl (C=O) groups is 1. The van der Waals surface area contributed by atoms with Crippen molar-refractivity contribution in [1.29, 1.82) is 0 Å². The summed E-state index contributed by atoms with van der Waals surface area (Å²) in [6.07, 6.45) is 2.04. The second kappa shape index (κ2) is 8.37. The van der Waals surface area contributed by atoms with Gasteiger partial charge in [0.15, 0.2) is 0 Å². The molecule has 1 heterocycles. The predicted octanol–water partition coefficient (Wildman–Crippen LogP) is 2.71. The molecule has 0 unspecified atom stereocenters. The van der Waals surface area contributed by atoms with Gasteiger partial charge in [0.1, 0.15) is 0 Å². The molecule has 1 aliphatic heterocycles. The molecule has 1 aliphatic rings. The zero-order valence-electron chi connectivity index (χ0n) is 12.3. The van der Waals surface area contributed by atoms with Gasteiger partial charge in [-0.15, -0.1) is 0 Å². The number of piperazine rings is 1. The molecular weight excluding hydrogens is 288 g/mol. The number of aliphatic carboxylic acids is 1. The van der Waals surface area contributed by atoms with E-state index < -0.39 is 5.97 Å². The zero-order valence-corrected chi connectivity index (χ0v) is 13.1. The summed E-state index contributed by atoms with van der Waals surface area (Å²) in [4.78, 5) is 15.3. The van der Waals surface area contributed by atoms with E-state index in [1.165, 1.54) is 5.56 Å². The van der Waals surface area contributed by atoms with Crippen molar-refractivity contribution in [3.63, 3.8) is 0 Å². The van der Waals surface area contributed by atoms with Gasteiger partial charge in [-0.05, 0) is 37.1 Å². The van der Waals surface area contributed by atoms with Gasteiger partial charge in [0.25, 0.3) is 0 Å². The fourth-order valence-corrected chi connectivity index (χ4v) is 2.89. The molecule has 1 N–H and O–H groups in total. The maximum Gasteiger partial charge on any atom is 0.303 e. The van der Waals surface area contributed by atoms with Crippen molar-refractivity contribution in [3.8, 4) is 0 Å². The van der Waals surface area contributed by atoms with Crippen LogP contribution in [0.3, 0.4) is 0 Å². The Morgan fingerprint density at radius 3 is 2.52 bits per heavy atom. The van der Waals surface area contributed by atoms with Crippen LogP contribution in [0.15, 0.2) is 24.3 Å². The molecule has 2 rings (SSSR count). The summed E-state index contributed by atoms with van der Waals surface area (Å²) in [5.74, 6) is -0.693. The summed E-state index contributed by atoms with van der Waals surface area (Å²) in [5.41, 5.74) is 1.26. The second-order valence-electron chi connectivity index (χ2n) is 5.60. The lowest BCUT2D eigenvalue weighted by Gasteiger charge is -2.34. The molecule has 1 fully saturated rings. The molecule has 0 aromatic heterocycles. The van der Waals surface area contributed by atoms with E-state index in [0.29, 0.717) is 0 Å². The van der Waals surface area contributed by atoms with Crippen molar-refractivity contribution in [2.24, 2.45) is 0 Å². The molecule has 0 radical (unpaired) electrons. The lowest BCUT2D eigenvalue weighted by atomic mass is 10.2. The standard InChI is InChI=1S/C16H23ClN2O2/c17-15-5-3-4-14(12-15)13-19-10-8-18(9-11-19)7-2-1-6-16(20)21/h3-5,12H,1-2,6-11,13H2,(H,20,21). The zero-order chi connectivity index (χ0) is 15.1. The van der Waals surface area contributed by atoms with Crippen molar-refractivity contribution in [2.75, 3.05) is 32.7 Å². The Balaban J connectivity index is 1.65. The van der Waals surface area contributed by atoms with E-state index in [1.54, 1.807) is 0 Å². The number of benzene rings is 1. The molecule has 116 valence electrons. The van der Waals surface area contributed by atoms with Gasteiger partial charge >= 0.3 is 5.97 Å². The normalized spacial score (nSPS) is 17.0. The highest BCUT2D eigenvalue weighted by atomic mass is 35.5. The monoisotopic (exact) mass is 310 g/mol. The van der Waals surface area contributed by atoms with Crippen molar-refractivity contribution in [1.82, 2.24) is 9.80 Å². The number of hydrogen-bond donors (Lipinski definition) is 1. The Labute approximate surface area is 131 Å². The summed E-state index contributed by atoms with van der Waals surface area (Å²) in [7, 11) is 0. The number of nitrogens with zero attached hydrogens (tertiary/aromatic N) is 2. The van der Waals surface area contributed by atoms with Crippen LogP contribution in [-0.4, -0.2) is 53.6 Å². The van der Waals surface area contributed by atoms with Crippen LogP contribution in [0.25, 0.3) is 0 Å². The minimum atomic E-state index is -0.693. The third-order valence-corrected chi connectivity index (χ3v) is 4.11. The van der Waals surface area contributed by atoms with Crippen molar-refractivity contribution >= 4 is 17.6 Å². The number of rotatable bonds is 7. The average molecular weight is 311 g/mol. The Morgan fingerprint density at radius 1 is 1.14 bits per heavy atom. The Bertz CT molecular complexity index is 459. The highest BCUT2D eigenvalue weighted by Crippen LogP contribution is 2.14. The summed E-state index contributed by atoms with van der Waals surface area (Å²) in [5, 5.41) is 9.41. The SMILES string of the molecule is O=C(O)CCCCN1CCN(Cc2cccc(Cl)c2)CC1. The third kappa shape index (κ3) is 6.04. The molecule has 0 aliphatic carbocycles. The van der Waals surface area contributed by atoms with Crippen LogP contribution in [0, 0.1) is 0 Å². The molecule has 4 nitrogen and oxygen atoms in total. The number of hydrogen-bond acceptors (Lipinski definition) is 3. The van der Waals surface area contributed by atoms with Gasteiger partial charge in [0.05, 0.1) is 0 Å². The van der Waals surface area contributed by atoms with E-state index in [0.717, 1.165) is 57.1 Å².